The summed E-state index contributed by atoms with van der Waals surface area (Å²) in [5.41, 5.74) is 0.265. The van der Waals surface area contributed by atoms with Crippen LogP contribution in [-0.4, -0.2) is 66.1 Å². The van der Waals surface area contributed by atoms with Gasteiger partial charge in [-0.15, -0.1) is 0 Å². The molecule has 26 heavy (non-hydrogen) atoms. The first-order chi connectivity index (χ1) is 12.5. The number of carbonyl (C=O) groups is 2. The quantitative estimate of drug-likeness (QED) is 0.807. The van der Waals surface area contributed by atoms with E-state index in [1.54, 1.807) is 17.9 Å². The summed E-state index contributed by atoms with van der Waals surface area (Å²) < 4.78 is 4.85. The summed E-state index contributed by atoms with van der Waals surface area (Å²) in [5.74, 6) is 2.22. The molecule has 4 rings (SSSR count). The highest BCUT2D eigenvalue weighted by molar-refractivity contribution is 5.88. The summed E-state index contributed by atoms with van der Waals surface area (Å²) in [6.07, 6.45) is 3.83. The lowest BCUT2D eigenvalue weighted by atomic mass is 9.99. The van der Waals surface area contributed by atoms with Gasteiger partial charge in [-0.3, -0.25) is 4.79 Å². The van der Waals surface area contributed by atoms with Crippen molar-refractivity contribution in [3.05, 3.63) is 11.8 Å². The van der Waals surface area contributed by atoms with Crippen LogP contribution < -0.4 is 10.2 Å². The SMILES string of the molecule is COC(=O)c1cc(NC2CN(C(C)=O)C2)nc(N2CC3CCC(C3)C2)n1. The summed E-state index contributed by atoms with van der Waals surface area (Å²) in [6, 6.07) is 1.77. The van der Waals surface area contributed by atoms with Crippen molar-refractivity contribution in [1.82, 2.24) is 14.9 Å². The monoisotopic (exact) mass is 359 g/mol. The molecule has 0 radical (unpaired) electrons. The van der Waals surface area contributed by atoms with Gasteiger partial charge in [-0.2, -0.15) is 4.98 Å². The fraction of sp³-hybridized carbons (Fsp3) is 0.667. The van der Waals surface area contributed by atoms with Gasteiger partial charge < -0.3 is 19.9 Å². The van der Waals surface area contributed by atoms with Crippen LogP contribution in [0.2, 0.25) is 0 Å². The van der Waals surface area contributed by atoms with Crippen molar-refractivity contribution in [3.8, 4) is 0 Å². The second-order valence-corrected chi connectivity index (χ2v) is 7.65. The summed E-state index contributed by atoms with van der Waals surface area (Å²) in [6.45, 7) is 4.76. The molecule has 1 amide bonds. The van der Waals surface area contributed by atoms with Crippen LogP contribution >= 0.6 is 0 Å². The highest BCUT2D eigenvalue weighted by Gasteiger charge is 2.35. The van der Waals surface area contributed by atoms with Crippen LogP contribution in [0, 0.1) is 11.8 Å². The van der Waals surface area contributed by atoms with Crippen LogP contribution in [0.4, 0.5) is 11.8 Å². The van der Waals surface area contributed by atoms with Crippen molar-refractivity contribution in [2.45, 2.75) is 32.2 Å². The average molecular weight is 359 g/mol. The minimum atomic E-state index is -0.462. The first kappa shape index (κ1) is 17.1. The fourth-order valence-corrected chi connectivity index (χ4v) is 4.27. The Balaban J connectivity index is 1.54. The Morgan fingerprint density at radius 2 is 1.85 bits per heavy atom. The molecule has 2 aliphatic heterocycles. The van der Waals surface area contributed by atoms with Crippen LogP contribution in [0.3, 0.4) is 0 Å². The number of aromatic nitrogens is 2. The number of likely N-dealkylation sites (tertiary alicyclic amines) is 1. The molecule has 2 atom stereocenters. The van der Waals surface area contributed by atoms with E-state index >= 15 is 0 Å². The number of esters is 1. The van der Waals surface area contributed by atoms with Crippen molar-refractivity contribution in [2.75, 3.05) is 43.5 Å². The van der Waals surface area contributed by atoms with E-state index in [0.29, 0.717) is 36.7 Å². The minimum absolute atomic E-state index is 0.0745. The van der Waals surface area contributed by atoms with Gasteiger partial charge in [0, 0.05) is 39.2 Å². The molecular weight excluding hydrogens is 334 g/mol. The molecule has 8 heteroatoms. The number of hydrogen-bond donors (Lipinski definition) is 1. The molecule has 2 bridgehead atoms. The van der Waals surface area contributed by atoms with Crippen LogP contribution in [0.15, 0.2) is 6.07 Å². The van der Waals surface area contributed by atoms with Gasteiger partial charge in [0.05, 0.1) is 13.2 Å². The first-order valence-corrected chi connectivity index (χ1v) is 9.26. The van der Waals surface area contributed by atoms with Gasteiger partial charge in [-0.25, -0.2) is 9.78 Å². The normalized spacial score (nSPS) is 25.0. The van der Waals surface area contributed by atoms with Crippen LogP contribution in [0.1, 0.15) is 36.7 Å². The van der Waals surface area contributed by atoms with E-state index in [1.807, 2.05) is 0 Å². The highest BCUT2D eigenvalue weighted by Crippen LogP contribution is 2.37. The van der Waals surface area contributed by atoms with Gasteiger partial charge in [0.15, 0.2) is 5.69 Å². The smallest absolute Gasteiger partial charge is 0.356 e. The van der Waals surface area contributed by atoms with Gasteiger partial charge in [0.25, 0.3) is 0 Å². The minimum Gasteiger partial charge on any atom is -0.464 e. The Hall–Kier alpha value is -2.38. The number of nitrogens with zero attached hydrogens (tertiary/aromatic N) is 4. The number of amides is 1. The number of nitrogens with one attached hydrogen (secondary N) is 1. The molecule has 0 aromatic carbocycles. The Labute approximate surface area is 152 Å². The van der Waals surface area contributed by atoms with E-state index in [0.717, 1.165) is 13.1 Å². The molecule has 2 saturated heterocycles. The standard InChI is InChI=1S/C18H25N5O3/c1-11(24)22-9-14(10-22)19-16-6-15(17(25)26-2)20-18(21-16)23-7-12-3-4-13(5-12)8-23/h6,12-14H,3-5,7-10H2,1-2H3,(H,19,20,21). The molecule has 1 saturated carbocycles. The molecule has 3 heterocycles. The van der Waals surface area contributed by atoms with E-state index in [1.165, 1.54) is 26.4 Å². The maximum atomic E-state index is 12.0. The van der Waals surface area contributed by atoms with Crippen LogP contribution in [0.25, 0.3) is 0 Å². The van der Waals surface area contributed by atoms with Crippen molar-refractivity contribution in [3.63, 3.8) is 0 Å². The first-order valence-electron chi connectivity index (χ1n) is 9.26. The second-order valence-electron chi connectivity index (χ2n) is 7.65. The lowest BCUT2D eigenvalue weighted by Crippen LogP contribution is -2.56. The molecule has 2 unspecified atom stereocenters. The molecule has 3 aliphatic rings. The predicted octanol–water partition coefficient (Wildman–Crippen LogP) is 1.14. The highest BCUT2D eigenvalue weighted by atomic mass is 16.5. The van der Waals surface area contributed by atoms with Crippen molar-refractivity contribution >= 4 is 23.6 Å². The number of carbonyl (C=O) groups excluding carboxylic acids is 2. The number of piperidine rings is 1. The molecule has 140 valence electrons. The molecule has 8 nitrogen and oxygen atoms in total. The van der Waals surface area contributed by atoms with E-state index in [9.17, 15) is 9.59 Å². The molecule has 1 aliphatic carbocycles. The zero-order valence-corrected chi connectivity index (χ0v) is 15.3. The third-order valence-corrected chi connectivity index (χ3v) is 5.68. The average Bonchev–Trinajstić information content (AvgIpc) is 2.94. The second kappa shape index (κ2) is 6.74. The number of methoxy groups -OCH3 is 1. The number of rotatable bonds is 4. The molecule has 1 aromatic rings. The zero-order chi connectivity index (χ0) is 18.3. The van der Waals surface area contributed by atoms with Gasteiger partial charge in [-0.1, -0.05) is 0 Å². The third-order valence-electron chi connectivity index (χ3n) is 5.68. The zero-order valence-electron chi connectivity index (χ0n) is 15.3. The lowest BCUT2D eigenvalue weighted by molar-refractivity contribution is -0.132. The Morgan fingerprint density at radius 1 is 1.15 bits per heavy atom. The van der Waals surface area contributed by atoms with Gasteiger partial charge in [0.2, 0.25) is 11.9 Å². The van der Waals surface area contributed by atoms with Gasteiger partial charge in [0.1, 0.15) is 5.82 Å². The third kappa shape index (κ3) is 3.32. The molecule has 1 N–H and O–H groups in total. The van der Waals surface area contributed by atoms with E-state index in [2.05, 4.69) is 20.2 Å². The Kier molecular flexibility index (Phi) is 4.42. The summed E-state index contributed by atoms with van der Waals surface area (Å²) in [5, 5.41) is 3.32. The van der Waals surface area contributed by atoms with Crippen molar-refractivity contribution in [1.29, 1.82) is 0 Å². The summed E-state index contributed by atoms with van der Waals surface area (Å²) >= 11 is 0. The fourth-order valence-electron chi connectivity index (χ4n) is 4.27. The largest absolute Gasteiger partial charge is 0.464 e. The number of hydrogen-bond acceptors (Lipinski definition) is 7. The summed E-state index contributed by atoms with van der Waals surface area (Å²) in [4.78, 5) is 36.5. The number of fused-ring (bicyclic) bond motifs is 2. The van der Waals surface area contributed by atoms with Crippen LogP contribution in [0.5, 0.6) is 0 Å². The molecular formula is C18H25N5O3. The maximum Gasteiger partial charge on any atom is 0.356 e. The summed E-state index contributed by atoms with van der Waals surface area (Å²) in [7, 11) is 1.36. The maximum absolute atomic E-state index is 12.0. The Bertz CT molecular complexity index is 707. The van der Waals surface area contributed by atoms with Gasteiger partial charge >= 0.3 is 5.97 Å². The van der Waals surface area contributed by atoms with E-state index < -0.39 is 5.97 Å². The van der Waals surface area contributed by atoms with Crippen molar-refractivity contribution < 1.29 is 14.3 Å². The van der Waals surface area contributed by atoms with E-state index in [4.69, 9.17) is 4.74 Å². The van der Waals surface area contributed by atoms with Crippen LogP contribution in [-0.2, 0) is 9.53 Å². The topological polar surface area (TPSA) is 87.7 Å². The number of ether oxygens (including phenoxy) is 1. The number of anilines is 2. The van der Waals surface area contributed by atoms with Gasteiger partial charge in [-0.05, 0) is 31.1 Å². The lowest BCUT2D eigenvalue weighted by Gasteiger charge is -2.39. The Morgan fingerprint density at radius 3 is 2.46 bits per heavy atom. The van der Waals surface area contributed by atoms with Crippen molar-refractivity contribution in [2.24, 2.45) is 11.8 Å². The molecule has 3 fully saturated rings. The predicted molar refractivity (Wildman–Crippen MR) is 96.1 cm³/mol. The van der Waals surface area contributed by atoms with E-state index in [-0.39, 0.29) is 17.6 Å². The molecule has 0 spiro atoms. The molecule has 1 aromatic heterocycles.